The first-order chi connectivity index (χ1) is 9.10. The molecule has 106 valence electrons. The van der Waals surface area contributed by atoms with Crippen LogP contribution in [-0.2, 0) is 11.3 Å². The van der Waals surface area contributed by atoms with Crippen LogP contribution in [0.15, 0.2) is 12.1 Å². The Morgan fingerprint density at radius 2 is 2.26 bits per heavy atom. The van der Waals surface area contributed by atoms with E-state index < -0.39 is 0 Å². The zero-order chi connectivity index (χ0) is 13.8. The quantitative estimate of drug-likeness (QED) is 0.886. The minimum Gasteiger partial charge on any atom is -0.392 e. The first kappa shape index (κ1) is 14.3. The van der Waals surface area contributed by atoms with Crippen molar-refractivity contribution in [2.24, 2.45) is 0 Å². The van der Waals surface area contributed by atoms with Crippen LogP contribution in [0.5, 0.6) is 0 Å². The fourth-order valence-corrected chi connectivity index (χ4v) is 2.36. The Balaban J connectivity index is 2.14. The van der Waals surface area contributed by atoms with Gasteiger partial charge in [-0.05, 0) is 36.5 Å². The van der Waals surface area contributed by atoms with E-state index in [-0.39, 0.29) is 6.61 Å². The Morgan fingerprint density at radius 3 is 2.84 bits per heavy atom. The second-order valence-corrected chi connectivity index (χ2v) is 5.59. The van der Waals surface area contributed by atoms with E-state index in [1.165, 1.54) is 0 Å². The number of pyridine rings is 1. The van der Waals surface area contributed by atoms with Crippen LogP contribution in [0.1, 0.15) is 43.9 Å². The van der Waals surface area contributed by atoms with Gasteiger partial charge in [0.2, 0.25) is 0 Å². The highest BCUT2D eigenvalue weighted by Gasteiger charge is 2.18. The molecule has 0 saturated carbocycles. The van der Waals surface area contributed by atoms with Gasteiger partial charge in [0, 0.05) is 25.9 Å². The summed E-state index contributed by atoms with van der Waals surface area (Å²) in [5.74, 6) is 1.28. The molecule has 4 nitrogen and oxygen atoms in total. The van der Waals surface area contributed by atoms with Crippen LogP contribution in [0.4, 0.5) is 5.82 Å². The van der Waals surface area contributed by atoms with Crippen molar-refractivity contribution in [3.63, 3.8) is 0 Å². The lowest BCUT2D eigenvalue weighted by Gasteiger charge is -2.23. The Kier molecular flexibility index (Phi) is 4.77. The van der Waals surface area contributed by atoms with E-state index in [0.29, 0.717) is 12.0 Å². The smallest absolute Gasteiger partial charge is 0.129 e. The number of rotatable bonds is 5. The highest BCUT2D eigenvalue weighted by atomic mass is 16.5. The zero-order valence-electron chi connectivity index (χ0n) is 12.1. The van der Waals surface area contributed by atoms with Crippen LogP contribution < -0.4 is 4.90 Å². The molecule has 1 atom stereocenters. The predicted molar refractivity (Wildman–Crippen MR) is 76.5 cm³/mol. The summed E-state index contributed by atoms with van der Waals surface area (Å²) >= 11 is 0. The fraction of sp³-hybridized carbons (Fsp3) is 0.667. The molecule has 2 heterocycles. The summed E-state index contributed by atoms with van der Waals surface area (Å²) in [7, 11) is 2.04. The zero-order valence-corrected chi connectivity index (χ0v) is 12.1. The van der Waals surface area contributed by atoms with Gasteiger partial charge in [-0.3, -0.25) is 0 Å². The van der Waals surface area contributed by atoms with Gasteiger partial charge in [0.15, 0.2) is 0 Å². The number of likely N-dealkylation sites (N-methyl/N-ethyl adjacent to an activating group) is 1. The van der Waals surface area contributed by atoms with Crippen molar-refractivity contribution in [2.45, 2.75) is 45.3 Å². The lowest BCUT2D eigenvalue weighted by atomic mass is 10.1. The van der Waals surface area contributed by atoms with Crippen LogP contribution in [0.3, 0.4) is 0 Å². The molecule has 1 aromatic heterocycles. The number of hydrogen-bond acceptors (Lipinski definition) is 4. The van der Waals surface area contributed by atoms with Gasteiger partial charge in [-0.15, -0.1) is 0 Å². The topological polar surface area (TPSA) is 45.6 Å². The van der Waals surface area contributed by atoms with Crippen molar-refractivity contribution in [3.8, 4) is 0 Å². The summed E-state index contributed by atoms with van der Waals surface area (Å²) in [6.07, 6.45) is 2.59. The Hall–Kier alpha value is -1.13. The van der Waals surface area contributed by atoms with Gasteiger partial charge in [0.25, 0.3) is 0 Å². The number of aromatic nitrogens is 1. The Morgan fingerprint density at radius 1 is 1.47 bits per heavy atom. The largest absolute Gasteiger partial charge is 0.392 e. The number of nitrogens with zero attached hydrogens (tertiary/aromatic N) is 2. The monoisotopic (exact) mass is 264 g/mol. The normalized spacial score (nSPS) is 19.1. The molecule has 1 aliphatic rings. The second kappa shape index (κ2) is 6.35. The number of anilines is 1. The van der Waals surface area contributed by atoms with Crippen LogP contribution in [0, 0.1) is 0 Å². The SMILES string of the molecule is CC(C)c1cc(CO)cc(N(C)CC2CCCO2)n1. The van der Waals surface area contributed by atoms with Crippen LogP contribution in [-0.4, -0.2) is 36.4 Å². The molecule has 1 aromatic rings. The summed E-state index contributed by atoms with van der Waals surface area (Å²) < 4.78 is 5.66. The minimum atomic E-state index is 0.0585. The molecule has 1 unspecified atom stereocenters. The van der Waals surface area contributed by atoms with Gasteiger partial charge < -0.3 is 14.7 Å². The number of hydrogen-bond donors (Lipinski definition) is 1. The average Bonchev–Trinajstić information content (AvgIpc) is 2.90. The third kappa shape index (κ3) is 3.67. The molecular weight excluding hydrogens is 240 g/mol. The van der Waals surface area contributed by atoms with Gasteiger partial charge in [-0.25, -0.2) is 4.98 Å². The molecule has 0 bridgehead atoms. The van der Waals surface area contributed by atoms with Crippen LogP contribution in [0.2, 0.25) is 0 Å². The van der Waals surface area contributed by atoms with Gasteiger partial charge >= 0.3 is 0 Å². The van der Waals surface area contributed by atoms with E-state index in [1.54, 1.807) is 0 Å². The maximum absolute atomic E-state index is 9.36. The summed E-state index contributed by atoms with van der Waals surface area (Å²) in [5, 5.41) is 9.36. The lowest BCUT2D eigenvalue weighted by molar-refractivity contribution is 0.116. The van der Waals surface area contributed by atoms with Crippen molar-refractivity contribution < 1.29 is 9.84 Å². The third-order valence-corrected chi connectivity index (χ3v) is 3.56. The fourth-order valence-electron chi connectivity index (χ4n) is 2.36. The van der Waals surface area contributed by atoms with E-state index in [2.05, 4.69) is 23.7 Å². The molecule has 0 aromatic carbocycles. The van der Waals surface area contributed by atoms with Crippen LogP contribution in [0.25, 0.3) is 0 Å². The Bertz CT molecular complexity index is 415. The summed E-state index contributed by atoms with van der Waals surface area (Å²) in [4.78, 5) is 6.81. The van der Waals surface area contributed by atoms with Gasteiger partial charge in [-0.2, -0.15) is 0 Å². The number of aliphatic hydroxyl groups excluding tert-OH is 1. The second-order valence-electron chi connectivity index (χ2n) is 5.59. The molecular formula is C15H24N2O2. The first-order valence-corrected chi connectivity index (χ1v) is 7.04. The van der Waals surface area contributed by atoms with Gasteiger partial charge in [0.05, 0.1) is 12.7 Å². The van der Waals surface area contributed by atoms with Gasteiger partial charge in [0.1, 0.15) is 5.82 Å². The summed E-state index contributed by atoms with van der Waals surface area (Å²) in [5.41, 5.74) is 1.95. The molecule has 19 heavy (non-hydrogen) atoms. The molecule has 0 aliphatic carbocycles. The Labute approximate surface area is 115 Å². The first-order valence-electron chi connectivity index (χ1n) is 7.04. The van der Waals surface area contributed by atoms with Crippen molar-refractivity contribution in [2.75, 3.05) is 25.1 Å². The standard InChI is InChI=1S/C15H24N2O2/c1-11(2)14-7-12(10-18)8-15(16-14)17(3)9-13-5-4-6-19-13/h7-8,11,13,18H,4-6,9-10H2,1-3H3. The van der Waals surface area contributed by atoms with Crippen LogP contribution >= 0.6 is 0 Å². The van der Waals surface area contributed by atoms with E-state index in [0.717, 1.165) is 43.1 Å². The maximum Gasteiger partial charge on any atom is 0.129 e. The molecule has 4 heteroatoms. The van der Waals surface area contributed by atoms with Gasteiger partial charge in [-0.1, -0.05) is 13.8 Å². The summed E-state index contributed by atoms with van der Waals surface area (Å²) in [6, 6.07) is 3.94. The predicted octanol–water partition coefficient (Wildman–Crippen LogP) is 2.31. The molecule has 1 aliphatic heterocycles. The molecule has 0 radical (unpaired) electrons. The van der Waals surface area contributed by atoms with Crippen molar-refractivity contribution in [1.29, 1.82) is 0 Å². The molecule has 2 rings (SSSR count). The van der Waals surface area contributed by atoms with E-state index in [9.17, 15) is 5.11 Å². The van der Waals surface area contributed by atoms with Crippen molar-refractivity contribution >= 4 is 5.82 Å². The van der Waals surface area contributed by atoms with E-state index in [1.807, 2.05) is 19.2 Å². The number of ether oxygens (including phenoxy) is 1. The highest BCUT2D eigenvalue weighted by Crippen LogP contribution is 2.21. The molecule has 0 spiro atoms. The van der Waals surface area contributed by atoms with Crippen molar-refractivity contribution in [3.05, 3.63) is 23.4 Å². The summed E-state index contributed by atoms with van der Waals surface area (Å²) in [6.45, 7) is 6.03. The molecule has 1 N–H and O–H groups in total. The lowest BCUT2D eigenvalue weighted by Crippen LogP contribution is -2.29. The average molecular weight is 264 g/mol. The molecule has 1 saturated heterocycles. The van der Waals surface area contributed by atoms with E-state index in [4.69, 9.17) is 4.74 Å². The molecule has 0 amide bonds. The molecule has 1 fully saturated rings. The minimum absolute atomic E-state index is 0.0585. The number of aliphatic hydroxyl groups is 1. The van der Waals surface area contributed by atoms with E-state index >= 15 is 0 Å². The van der Waals surface area contributed by atoms with Crippen molar-refractivity contribution in [1.82, 2.24) is 4.98 Å². The third-order valence-electron chi connectivity index (χ3n) is 3.56. The maximum atomic E-state index is 9.36. The highest BCUT2D eigenvalue weighted by molar-refractivity contribution is 5.42.